The highest BCUT2D eigenvalue weighted by molar-refractivity contribution is 5.76. The van der Waals surface area contributed by atoms with E-state index in [1.54, 1.807) is 13.0 Å². The summed E-state index contributed by atoms with van der Waals surface area (Å²) in [6.45, 7) is 3.59. The van der Waals surface area contributed by atoms with Crippen LogP contribution in [0.25, 0.3) is 11.1 Å². The number of methoxy groups -OCH3 is 1. The molecule has 0 fully saturated rings. The summed E-state index contributed by atoms with van der Waals surface area (Å²) in [6, 6.07) is 4.29. The van der Waals surface area contributed by atoms with Crippen molar-refractivity contribution in [3.05, 3.63) is 35.4 Å². The van der Waals surface area contributed by atoms with Crippen LogP contribution in [0.2, 0.25) is 0 Å². The molecule has 106 valence electrons. The first kappa shape index (κ1) is 14.0. The quantitative estimate of drug-likeness (QED) is 0.926. The fourth-order valence-electron chi connectivity index (χ4n) is 2.26. The highest BCUT2D eigenvalue weighted by Crippen LogP contribution is 2.34. The van der Waals surface area contributed by atoms with Crippen molar-refractivity contribution in [3.63, 3.8) is 0 Å². The van der Waals surface area contributed by atoms with E-state index in [0.29, 0.717) is 17.0 Å². The van der Waals surface area contributed by atoms with Gasteiger partial charge in [-0.15, -0.1) is 0 Å². The van der Waals surface area contributed by atoms with Crippen molar-refractivity contribution in [2.75, 3.05) is 7.11 Å². The smallest absolute Gasteiger partial charge is 0.239 e. The third-order valence-corrected chi connectivity index (χ3v) is 3.12. The number of amides is 1. The Labute approximate surface area is 116 Å². The van der Waals surface area contributed by atoms with Gasteiger partial charge in [-0.05, 0) is 32.0 Å². The third-order valence-electron chi connectivity index (χ3n) is 3.12. The molecule has 0 aliphatic carbocycles. The average Bonchev–Trinajstić information content (AvgIpc) is 2.63. The third kappa shape index (κ3) is 2.49. The molecule has 0 aliphatic rings. The van der Waals surface area contributed by atoms with Crippen LogP contribution in [0.5, 0.6) is 5.75 Å². The van der Waals surface area contributed by atoms with Crippen LogP contribution >= 0.6 is 0 Å². The molecule has 1 aromatic heterocycles. The lowest BCUT2D eigenvalue weighted by Crippen LogP contribution is -2.20. The Balaban J connectivity index is 2.61. The van der Waals surface area contributed by atoms with E-state index in [1.165, 1.54) is 23.9 Å². The van der Waals surface area contributed by atoms with Crippen LogP contribution in [0.15, 0.2) is 18.2 Å². The van der Waals surface area contributed by atoms with Gasteiger partial charge in [0, 0.05) is 16.8 Å². The highest BCUT2D eigenvalue weighted by Gasteiger charge is 2.18. The number of aryl methyl sites for hydroxylation is 1. The molecule has 0 radical (unpaired) electrons. The molecular formula is C14H16FN3O2. The molecule has 0 atom stereocenters. The largest absolute Gasteiger partial charge is 0.496 e. The molecule has 0 aliphatic heterocycles. The van der Waals surface area contributed by atoms with Gasteiger partial charge in [-0.3, -0.25) is 9.48 Å². The van der Waals surface area contributed by atoms with Gasteiger partial charge < -0.3 is 10.5 Å². The number of ether oxygens (including phenoxy) is 1. The van der Waals surface area contributed by atoms with E-state index in [2.05, 4.69) is 5.10 Å². The predicted molar refractivity (Wildman–Crippen MR) is 72.8 cm³/mol. The van der Waals surface area contributed by atoms with Crippen LogP contribution in [-0.2, 0) is 11.3 Å². The summed E-state index contributed by atoms with van der Waals surface area (Å²) in [7, 11) is 1.52. The van der Waals surface area contributed by atoms with Gasteiger partial charge in [-0.2, -0.15) is 5.10 Å². The number of halogens is 1. The molecule has 1 amide bonds. The molecule has 5 nitrogen and oxygen atoms in total. The minimum Gasteiger partial charge on any atom is -0.496 e. The van der Waals surface area contributed by atoms with Crippen molar-refractivity contribution >= 4 is 5.91 Å². The van der Waals surface area contributed by atoms with Crippen LogP contribution in [-0.4, -0.2) is 22.8 Å². The number of hydrogen-bond acceptors (Lipinski definition) is 3. The zero-order valence-electron chi connectivity index (χ0n) is 11.6. The average molecular weight is 277 g/mol. The second kappa shape index (κ2) is 5.32. The molecule has 1 heterocycles. The molecule has 0 spiro atoms. The molecule has 6 heteroatoms. The summed E-state index contributed by atoms with van der Waals surface area (Å²) in [4.78, 5) is 11.0. The molecule has 1 aromatic carbocycles. The summed E-state index contributed by atoms with van der Waals surface area (Å²) in [5.41, 5.74) is 7.98. The number of nitrogens with two attached hydrogens (primary N) is 1. The fraction of sp³-hybridized carbons (Fsp3) is 0.286. The summed E-state index contributed by atoms with van der Waals surface area (Å²) >= 11 is 0. The van der Waals surface area contributed by atoms with Crippen LogP contribution < -0.4 is 10.5 Å². The molecule has 2 aromatic rings. The lowest BCUT2D eigenvalue weighted by Gasteiger charge is -2.09. The van der Waals surface area contributed by atoms with Crippen molar-refractivity contribution in [1.82, 2.24) is 9.78 Å². The molecule has 0 saturated carbocycles. The van der Waals surface area contributed by atoms with Crippen molar-refractivity contribution in [3.8, 4) is 16.9 Å². The Kier molecular flexibility index (Phi) is 3.74. The fourth-order valence-corrected chi connectivity index (χ4v) is 2.26. The number of aromatic nitrogens is 2. The Morgan fingerprint density at radius 3 is 2.75 bits per heavy atom. The minimum atomic E-state index is -0.478. The first-order chi connectivity index (χ1) is 9.43. The van der Waals surface area contributed by atoms with Crippen LogP contribution in [0, 0.1) is 19.7 Å². The topological polar surface area (TPSA) is 70.1 Å². The van der Waals surface area contributed by atoms with E-state index in [1.807, 2.05) is 6.92 Å². The maximum atomic E-state index is 13.5. The van der Waals surface area contributed by atoms with Crippen LogP contribution in [0.1, 0.15) is 11.4 Å². The SMILES string of the molecule is COc1ccc(F)cc1-c1c(C)nn(CC(N)=O)c1C. The number of primary amides is 1. The second-order valence-corrected chi connectivity index (χ2v) is 4.51. The van der Waals surface area contributed by atoms with Gasteiger partial charge in [0.05, 0.1) is 12.8 Å². The summed E-state index contributed by atoms with van der Waals surface area (Å²) < 4.78 is 20.3. The molecule has 20 heavy (non-hydrogen) atoms. The highest BCUT2D eigenvalue weighted by atomic mass is 19.1. The molecular weight excluding hydrogens is 261 g/mol. The van der Waals surface area contributed by atoms with E-state index in [-0.39, 0.29) is 12.4 Å². The van der Waals surface area contributed by atoms with Gasteiger partial charge in [0.1, 0.15) is 18.1 Å². The van der Waals surface area contributed by atoms with Crippen LogP contribution in [0.3, 0.4) is 0 Å². The zero-order chi connectivity index (χ0) is 14.9. The second-order valence-electron chi connectivity index (χ2n) is 4.51. The van der Waals surface area contributed by atoms with E-state index in [4.69, 9.17) is 10.5 Å². The standard InChI is InChI=1S/C14H16FN3O2/c1-8-14(9(2)18(17-8)7-13(16)19)11-6-10(15)4-5-12(11)20-3/h4-6H,7H2,1-3H3,(H2,16,19). The van der Waals surface area contributed by atoms with Crippen molar-refractivity contribution in [2.24, 2.45) is 5.73 Å². The van der Waals surface area contributed by atoms with E-state index < -0.39 is 5.91 Å². The lowest BCUT2D eigenvalue weighted by atomic mass is 10.0. The number of rotatable bonds is 4. The monoisotopic (exact) mass is 277 g/mol. The van der Waals surface area contributed by atoms with Gasteiger partial charge in [0.2, 0.25) is 5.91 Å². The maximum absolute atomic E-state index is 13.5. The van der Waals surface area contributed by atoms with Gasteiger partial charge in [0.15, 0.2) is 0 Å². The van der Waals surface area contributed by atoms with Gasteiger partial charge in [-0.25, -0.2) is 4.39 Å². The number of carbonyl (C=O) groups excluding carboxylic acids is 1. The zero-order valence-corrected chi connectivity index (χ0v) is 11.6. The van der Waals surface area contributed by atoms with Gasteiger partial charge in [0.25, 0.3) is 0 Å². The predicted octanol–water partition coefficient (Wildman–Crippen LogP) is 1.80. The number of benzene rings is 1. The van der Waals surface area contributed by atoms with Crippen molar-refractivity contribution in [2.45, 2.75) is 20.4 Å². The van der Waals surface area contributed by atoms with Crippen LogP contribution in [0.4, 0.5) is 4.39 Å². The Hall–Kier alpha value is -2.37. The van der Waals surface area contributed by atoms with Crippen molar-refractivity contribution in [1.29, 1.82) is 0 Å². The van der Waals surface area contributed by atoms with Gasteiger partial charge >= 0.3 is 0 Å². The molecule has 0 saturated heterocycles. The summed E-state index contributed by atoms with van der Waals surface area (Å²) in [6.07, 6.45) is 0. The molecule has 2 N–H and O–H groups in total. The number of nitrogens with zero attached hydrogens (tertiary/aromatic N) is 2. The Morgan fingerprint density at radius 2 is 2.15 bits per heavy atom. The normalized spacial score (nSPS) is 10.6. The summed E-state index contributed by atoms with van der Waals surface area (Å²) in [5, 5.41) is 4.27. The van der Waals surface area contributed by atoms with E-state index >= 15 is 0 Å². The maximum Gasteiger partial charge on any atom is 0.239 e. The minimum absolute atomic E-state index is 0.00962. The van der Waals surface area contributed by atoms with Gasteiger partial charge in [-0.1, -0.05) is 0 Å². The van der Waals surface area contributed by atoms with E-state index in [0.717, 1.165) is 11.3 Å². The molecule has 0 bridgehead atoms. The molecule has 2 rings (SSSR count). The van der Waals surface area contributed by atoms with Crippen molar-refractivity contribution < 1.29 is 13.9 Å². The Morgan fingerprint density at radius 1 is 1.45 bits per heavy atom. The lowest BCUT2D eigenvalue weighted by molar-refractivity contribution is -0.118. The number of hydrogen-bond donors (Lipinski definition) is 1. The molecule has 0 unspecified atom stereocenters. The Bertz CT molecular complexity index is 665. The first-order valence-electron chi connectivity index (χ1n) is 6.10. The van der Waals surface area contributed by atoms with E-state index in [9.17, 15) is 9.18 Å². The number of carbonyl (C=O) groups is 1. The summed E-state index contributed by atoms with van der Waals surface area (Å²) in [5.74, 6) is -0.285. The first-order valence-corrected chi connectivity index (χ1v) is 6.10.